The molecule has 6 nitrogen and oxygen atoms in total. The number of carbonyl (C=O) groups excluding carboxylic acids is 1. The van der Waals surface area contributed by atoms with E-state index in [1.54, 1.807) is 0 Å². The predicted molar refractivity (Wildman–Crippen MR) is 95.7 cm³/mol. The van der Waals surface area contributed by atoms with Gasteiger partial charge in [0, 0.05) is 13.1 Å². The molecule has 0 heterocycles. The van der Waals surface area contributed by atoms with E-state index in [0.717, 1.165) is 16.7 Å². The summed E-state index contributed by atoms with van der Waals surface area (Å²) in [6.45, 7) is 8.79. The Balaban J connectivity index is 2.65. The Bertz CT molecular complexity index is 574. The Morgan fingerprint density at radius 3 is 2.28 bits per heavy atom. The number of aryl methyl sites for hydroxylation is 2. The van der Waals surface area contributed by atoms with Crippen molar-refractivity contribution in [1.82, 2.24) is 5.32 Å². The number of nitrogens with one attached hydrogen (secondary N) is 1. The lowest BCUT2D eigenvalue weighted by atomic mass is 9.97. The smallest absolute Gasteiger partial charge is 0.343 e. The highest BCUT2D eigenvalue weighted by Crippen LogP contribution is 2.25. The summed E-state index contributed by atoms with van der Waals surface area (Å²) in [6.07, 6.45) is 0.653. The Hall–Kier alpha value is -2.08. The molecule has 0 aromatic heterocycles. The number of aliphatic carboxylic acids is 1. The van der Waals surface area contributed by atoms with E-state index in [1.165, 1.54) is 7.11 Å². The standard InChI is InChI=1S/C19H29NO5/c1-12(2)6-16(19(22)23)10-20-9-15-7-13(3)18(14(4)8-15)25-11-17(21)24-5/h7-8,12,16,20H,6,9-11H2,1-5H3,(H,22,23). The van der Waals surface area contributed by atoms with Gasteiger partial charge in [0.05, 0.1) is 13.0 Å². The minimum atomic E-state index is -0.764. The molecule has 0 saturated carbocycles. The maximum absolute atomic E-state index is 11.3. The fourth-order valence-electron chi connectivity index (χ4n) is 2.79. The number of rotatable bonds is 10. The van der Waals surface area contributed by atoms with Gasteiger partial charge in [-0.2, -0.15) is 0 Å². The largest absolute Gasteiger partial charge is 0.481 e. The number of carboxylic acids is 1. The molecule has 0 bridgehead atoms. The van der Waals surface area contributed by atoms with Crippen LogP contribution in [0.5, 0.6) is 5.75 Å². The molecule has 1 atom stereocenters. The quantitative estimate of drug-likeness (QED) is 0.631. The number of esters is 1. The summed E-state index contributed by atoms with van der Waals surface area (Å²) in [5, 5.41) is 12.5. The number of ether oxygens (including phenoxy) is 2. The van der Waals surface area contributed by atoms with E-state index < -0.39 is 11.9 Å². The van der Waals surface area contributed by atoms with Gasteiger partial charge in [-0.15, -0.1) is 0 Å². The number of hydrogen-bond donors (Lipinski definition) is 2. The van der Waals surface area contributed by atoms with Crippen molar-refractivity contribution in [3.8, 4) is 5.75 Å². The van der Waals surface area contributed by atoms with Gasteiger partial charge in [-0.25, -0.2) is 4.79 Å². The summed E-state index contributed by atoms with van der Waals surface area (Å²) in [4.78, 5) is 22.5. The van der Waals surface area contributed by atoms with Crippen molar-refractivity contribution in [3.63, 3.8) is 0 Å². The summed E-state index contributed by atoms with van der Waals surface area (Å²) in [5.41, 5.74) is 2.91. The molecule has 140 valence electrons. The lowest BCUT2D eigenvalue weighted by Crippen LogP contribution is -2.29. The number of carbonyl (C=O) groups is 2. The Kier molecular flexibility index (Phi) is 8.41. The second-order valence-electron chi connectivity index (χ2n) is 6.72. The summed E-state index contributed by atoms with van der Waals surface area (Å²) in [6, 6.07) is 3.95. The molecule has 0 saturated heterocycles. The van der Waals surface area contributed by atoms with Crippen LogP contribution in [0.25, 0.3) is 0 Å². The van der Waals surface area contributed by atoms with Crippen LogP contribution in [0.1, 0.15) is 37.0 Å². The highest BCUT2D eigenvalue weighted by Gasteiger charge is 2.18. The number of benzene rings is 1. The number of carboxylic acid groups (broad SMARTS) is 1. The maximum Gasteiger partial charge on any atom is 0.343 e. The van der Waals surface area contributed by atoms with Crippen LogP contribution < -0.4 is 10.1 Å². The molecule has 1 aromatic carbocycles. The molecule has 0 aliphatic rings. The Morgan fingerprint density at radius 2 is 1.80 bits per heavy atom. The zero-order chi connectivity index (χ0) is 19.0. The number of methoxy groups -OCH3 is 1. The van der Waals surface area contributed by atoms with Crippen molar-refractivity contribution in [2.75, 3.05) is 20.3 Å². The van der Waals surface area contributed by atoms with Crippen molar-refractivity contribution in [3.05, 3.63) is 28.8 Å². The molecule has 25 heavy (non-hydrogen) atoms. The molecule has 0 spiro atoms. The molecule has 6 heteroatoms. The molecule has 2 N–H and O–H groups in total. The second kappa shape index (κ2) is 10.0. The average Bonchev–Trinajstić information content (AvgIpc) is 2.52. The first kappa shape index (κ1) is 21.0. The summed E-state index contributed by atoms with van der Waals surface area (Å²) in [7, 11) is 1.32. The average molecular weight is 351 g/mol. The van der Waals surface area contributed by atoms with Gasteiger partial charge in [0.15, 0.2) is 6.61 Å². The molecule has 1 unspecified atom stereocenters. The zero-order valence-electron chi connectivity index (χ0n) is 15.7. The molecule has 0 fully saturated rings. The third-order valence-electron chi connectivity index (χ3n) is 3.91. The first-order chi connectivity index (χ1) is 11.7. The van der Waals surface area contributed by atoms with Gasteiger partial charge in [0.1, 0.15) is 5.75 Å². The molecule has 1 aromatic rings. The van der Waals surface area contributed by atoms with Gasteiger partial charge >= 0.3 is 11.9 Å². The van der Waals surface area contributed by atoms with E-state index in [0.29, 0.717) is 31.2 Å². The predicted octanol–water partition coefficient (Wildman–Crippen LogP) is 2.69. The summed E-state index contributed by atoms with van der Waals surface area (Å²) >= 11 is 0. The van der Waals surface area contributed by atoms with Gasteiger partial charge in [-0.1, -0.05) is 26.0 Å². The normalized spacial score (nSPS) is 12.1. The maximum atomic E-state index is 11.3. The molecular weight excluding hydrogens is 322 g/mol. The van der Waals surface area contributed by atoms with E-state index in [2.05, 4.69) is 10.1 Å². The molecular formula is C19H29NO5. The van der Waals surface area contributed by atoms with E-state index in [4.69, 9.17) is 4.74 Å². The van der Waals surface area contributed by atoms with Crippen molar-refractivity contribution in [2.24, 2.45) is 11.8 Å². The summed E-state index contributed by atoms with van der Waals surface area (Å²) < 4.78 is 10.1. The van der Waals surface area contributed by atoms with Crippen LogP contribution >= 0.6 is 0 Å². The SMILES string of the molecule is COC(=O)COc1c(C)cc(CNCC(CC(C)C)C(=O)O)cc1C. The lowest BCUT2D eigenvalue weighted by molar-refractivity contribution is -0.143. The van der Waals surface area contributed by atoms with Crippen LogP contribution in [0.2, 0.25) is 0 Å². The third kappa shape index (κ3) is 7.13. The van der Waals surface area contributed by atoms with Crippen molar-refractivity contribution >= 4 is 11.9 Å². The van der Waals surface area contributed by atoms with E-state index >= 15 is 0 Å². The van der Waals surface area contributed by atoms with Crippen LogP contribution in [-0.4, -0.2) is 37.3 Å². The van der Waals surface area contributed by atoms with Gasteiger partial charge in [-0.3, -0.25) is 4.79 Å². The fourth-order valence-corrected chi connectivity index (χ4v) is 2.79. The minimum Gasteiger partial charge on any atom is -0.481 e. The van der Waals surface area contributed by atoms with E-state index in [1.807, 2.05) is 39.8 Å². The van der Waals surface area contributed by atoms with Crippen LogP contribution in [-0.2, 0) is 20.9 Å². The molecule has 1 rings (SSSR count). The fraction of sp³-hybridized carbons (Fsp3) is 0.579. The number of hydrogen-bond acceptors (Lipinski definition) is 5. The van der Waals surface area contributed by atoms with Crippen LogP contribution in [0.3, 0.4) is 0 Å². The van der Waals surface area contributed by atoms with Gasteiger partial charge < -0.3 is 19.9 Å². The van der Waals surface area contributed by atoms with Crippen LogP contribution in [0.15, 0.2) is 12.1 Å². The van der Waals surface area contributed by atoms with Gasteiger partial charge in [0.2, 0.25) is 0 Å². The first-order valence-corrected chi connectivity index (χ1v) is 8.47. The summed E-state index contributed by atoms with van der Waals surface area (Å²) in [5.74, 6) is -0.546. The first-order valence-electron chi connectivity index (χ1n) is 8.47. The van der Waals surface area contributed by atoms with Crippen molar-refractivity contribution < 1.29 is 24.2 Å². The van der Waals surface area contributed by atoms with Crippen LogP contribution in [0, 0.1) is 25.7 Å². The molecule has 0 radical (unpaired) electrons. The van der Waals surface area contributed by atoms with Crippen molar-refractivity contribution in [1.29, 1.82) is 0 Å². The van der Waals surface area contributed by atoms with Crippen LogP contribution in [0.4, 0.5) is 0 Å². The van der Waals surface area contributed by atoms with E-state index in [-0.39, 0.29) is 12.5 Å². The van der Waals surface area contributed by atoms with Gasteiger partial charge in [0.25, 0.3) is 0 Å². The molecule has 0 amide bonds. The minimum absolute atomic E-state index is 0.120. The van der Waals surface area contributed by atoms with Crippen molar-refractivity contribution in [2.45, 2.75) is 40.7 Å². The zero-order valence-corrected chi connectivity index (χ0v) is 15.7. The van der Waals surface area contributed by atoms with E-state index in [9.17, 15) is 14.7 Å². The second-order valence-corrected chi connectivity index (χ2v) is 6.72. The Morgan fingerprint density at radius 1 is 1.20 bits per heavy atom. The van der Waals surface area contributed by atoms with Gasteiger partial charge in [-0.05, 0) is 42.9 Å². The molecule has 0 aliphatic carbocycles. The monoisotopic (exact) mass is 351 g/mol. The molecule has 0 aliphatic heterocycles. The highest BCUT2D eigenvalue weighted by atomic mass is 16.6. The Labute approximate surface area is 149 Å². The highest BCUT2D eigenvalue weighted by molar-refractivity contribution is 5.71. The lowest BCUT2D eigenvalue weighted by Gasteiger charge is -2.17. The third-order valence-corrected chi connectivity index (χ3v) is 3.91. The topological polar surface area (TPSA) is 84.9 Å².